The fourth-order valence-corrected chi connectivity index (χ4v) is 2.68. The van der Waals surface area contributed by atoms with Crippen LogP contribution in [0.1, 0.15) is 25.3 Å². The summed E-state index contributed by atoms with van der Waals surface area (Å²) in [6, 6.07) is 6.37. The van der Waals surface area contributed by atoms with Gasteiger partial charge in [0, 0.05) is 0 Å². The topological polar surface area (TPSA) is 21.3 Å². The van der Waals surface area contributed by atoms with E-state index in [9.17, 15) is 0 Å². The zero-order chi connectivity index (χ0) is 12.1. The predicted octanol–water partition coefficient (Wildman–Crippen LogP) is 3.81. The molecule has 0 radical (unpaired) electrons. The van der Waals surface area contributed by atoms with Crippen LogP contribution in [0.15, 0.2) is 22.7 Å². The zero-order valence-corrected chi connectivity index (χ0v) is 13.1. The molecule has 1 aliphatic rings. The predicted molar refractivity (Wildman–Crippen MR) is 81.9 cm³/mol. The van der Waals surface area contributed by atoms with Crippen molar-refractivity contribution in [3.63, 3.8) is 0 Å². The Morgan fingerprint density at radius 2 is 2.06 bits per heavy atom. The summed E-state index contributed by atoms with van der Waals surface area (Å²) in [6.45, 7) is 5.26. The van der Waals surface area contributed by atoms with Crippen molar-refractivity contribution in [3.8, 4) is 5.75 Å². The Balaban J connectivity index is 0.00000162. The zero-order valence-electron chi connectivity index (χ0n) is 10.7. The van der Waals surface area contributed by atoms with E-state index in [1.165, 1.54) is 18.4 Å². The Morgan fingerprint density at radius 3 is 2.67 bits per heavy atom. The normalized spacial score (nSPS) is 16.1. The second kappa shape index (κ2) is 8.03. The van der Waals surface area contributed by atoms with Crippen LogP contribution in [0.5, 0.6) is 5.75 Å². The molecule has 1 aromatic rings. The van der Waals surface area contributed by atoms with Crippen LogP contribution < -0.4 is 10.1 Å². The van der Waals surface area contributed by atoms with Gasteiger partial charge in [-0.1, -0.05) is 13.0 Å². The largest absolute Gasteiger partial charge is 0.492 e. The van der Waals surface area contributed by atoms with Crippen molar-refractivity contribution < 1.29 is 4.74 Å². The summed E-state index contributed by atoms with van der Waals surface area (Å²) in [7, 11) is 0. The second-order valence-electron chi connectivity index (χ2n) is 4.62. The van der Waals surface area contributed by atoms with Crippen LogP contribution in [-0.2, 0) is 6.42 Å². The fourth-order valence-electron chi connectivity index (χ4n) is 2.14. The van der Waals surface area contributed by atoms with Gasteiger partial charge in [0.1, 0.15) is 5.75 Å². The minimum Gasteiger partial charge on any atom is -0.492 e. The summed E-state index contributed by atoms with van der Waals surface area (Å²) < 4.78 is 6.98. The molecule has 0 bridgehead atoms. The van der Waals surface area contributed by atoms with Gasteiger partial charge in [-0.15, -0.1) is 12.4 Å². The highest BCUT2D eigenvalue weighted by molar-refractivity contribution is 9.10. The van der Waals surface area contributed by atoms with Crippen molar-refractivity contribution in [1.29, 1.82) is 0 Å². The van der Waals surface area contributed by atoms with E-state index in [0.29, 0.717) is 5.92 Å². The highest BCUT2D eigenvalue weighted by Gasteiger charge is 2.14. The van der Waals surface area contributed by atoms with Gasteiger partial charge in [-0.05, 0) is 71.9 Å². The smallest absolute Gasteiger partial charge is 0.133 e. The summed E-state index contributed by atoms with van der Waals surface area (Å²) in [6.07, 6.45) is 3.52. The second-order valence-corrected chi connectivity index (χ2v) is 5.48. The van der Waals surface area contributed by atoms with Crippen LogP contribution in [-0.4, -0.2) is 19.7 Å². The van der Waals surface area contributed by atoms with Gasteiger partial charge >= 0.3 is 0 Å². The van der Waals surface area contributed by atoms with Gasteiger partial charge in [-0.25, -0.2) is 0 Å². The summed E-state index contributed by atoms with van der Waals surface area (Å²) in [5.74, 6) is 1.68. The highest BCUT2D eigenvalue weighted by atomic mass is 79.9. The fraction of sp³-hybridized carbons (Fsp3) is 0.571. The first-order chi connectivity index (χ1) is 8.29. The van der Waals surface area contributed by atoms with E-state index < -0.39 is 0 Å². The van der Waals surface area contributed by atoms with Crippen molar-refractivity contribution in [2.75, 3.05) is 19.7 Å². The van der Waals surface area contributed by atoms with Crippen molar-refractivity contribution in [2.45, 2.75) is 26.2 Å². The van der Waals surface area contributed by atoms with E-state index in [2.05, 4.69) is 46.4 Å². The Labute approximate surface area is 124 Å². The number of halogens is 2. The van der Waals surface area contributed by atoms with Crippen molar-refractivity contribution >= 4 is 28.3 Å². The number of ether oxygens (including phenoxy) is 1. The monoisotopic (exact) mass is 333 g/mol. The van der Waals surface area contributed by atoms with Crippen molar-refractivity contribution in [3.05, 3.63) is 28.2 Å². The minimum atomic E-state index is 0. The van der Waals surface area contributed by atoms with E-state index in [1.54, 1.807) is 0 Å². The molecule has 0 spiro atoms. The third-order valence-electron chi connectivity index (χ3n) is 3.34. The molecule has 0 amide bonds. The number of nitrogens with one attached hydrogen (secondary N) is 1. The Hall–Kier alpha value is -0.250. The van der Waals surface area contributed by atoms with Crippen LogP contribution in [0.4, 0.5) is 0 Å². The van der Waals surface area contributed by atoms with Crippen LogP contribution in [0.2, 0.25) is 0 Å². The molecule has 18 heavy (non-hydrogen) atoms. The number of benzene rings is 1. The van der Waals surface area contributed by atoms with Gasteiger partial charge < -0.3 is 10.1 Å². The van der Waals surface area contributed by atoms with E-state index in [0.717, 1.165) is 36.3 Å². The molecule has 0 aliphatic carbocycles. The Morgan fingerprint density at radius 1 is 1.33 bits per heavy atom. The van der Waals surface area contributed by atoms with Crippen LogP contribution >= 0.6 is 28.3 Å². The lowest BCUT2D eigenvalue weighted by molar-refractivity contribution is 0.214. The average Bonchev–Trinajstić information content (AvgIpc) is 2.38. The van der Waals surface area contributed by atoms with Gasteiger partial charge in [-0.2, -0.15) is 0 Å². The quantitative estimate of drug-likeness (QED) is 0.904. The van der Waals surface area contributed by atoms with Gasteiger partial charge in [0.15, 0.2) is 0 Å². The summed E-state index contributed by atoms with van der Waals surface area (Å²) in [5.41, 5.74) is 1.34. The maximum absolute atomic E-state index is 5.90. The summed E-state index contributed by atoms with van der Waals surface area (Å²) in [5, 5.41) is 3.37. The average molecular weight is 335 g/mol. The van der Waals surface area contributed by atoms with E-state index in [1.807, 2.05) is 0 Å². The van der Waals surface area contributed by atoms with Crippen molar-refractivity contribution in [2.24, 2.45) is 5.92 Å². The van der Waals surface area contributed by atoms with Crippen LogP contribution in [0.25, 0.3) is 0 Å². The van der Waals surface area contributed by atoms with Gasteiger partial charge in [-0.3, -0.25) is 0 Å². The molecule has 2 nitrogen and oxygen atoms in total. The van der Waals surface area contributed by atoms with Crippen molar-refractivity contribution in [1.82, 2.24) is 5.32 Å². The first-order valence-corrected chi connectivity index (χ1v) is 7.21. The molecule has 2 rings (SSSR count). The molecule has 1 aromatic carbocycles. The third-order valence-corrected chi connectivity index (χ3v) is 3.96. The van der Waals surface area contributed by atoms with Gasteiger partial charge in [0.2, 0.25) is 0 Å². The molecule has 102 valence electrons. The molecule has 1 N–H and O–H groups in total. The number of aryl methyl sites for hydroxylation is 1. The summed E-state index contributed by atoms with van der Waals surface area (Å²) >= 11 is 3.58. The molecule has 4 heteroatoms. The Kier molecular flexibility index (Phi) is 7.05. The lowest BCUT2D eigenvalue weighted by atomic mass is 9.99. The number of hydrogen-bond acceptors (Lipinski definition) is 2. The molecular weight excluding hydrogens is 314 g/mol. The first kappa shape index (κ1) is 15.8. The van der Waals surface area contributed by atoms with Gasteiger partial charge in [0.25, 0.3) is 0 Å². The molecule has 0 aromatic heterocycles. The molecule has 0 saturated carbocycles. The first-order valence-electron chi connectivity index (χ1n) is 6.41. The Bertz CT molecular complexity index is 367. The number of hydrogen-bond donors (Lipinski definition) is 1. The standard InChI is InChI=1S/C14H20BrNO.ClH/c1-2-11-3-4-14(13(15)9-11)17-10-12-5-7-16-8-6-12;/h3-4,9,12,16H,2,5-8,10H2,1H3;1H. The molecule has 1 aliphatic heterocycles. The summed E-state index contributed by atoms with van der Waals surface area (Å²) in [4.78, 5) is 0. The number of piperidine rings is 1. The van der Waals surface area contributed by atoms with E-state index >= 15 is 0 Å². The highest BCUT2D eigenvalue weighted by Crippen LogP contribution is 2.27. The molecule has 0 atom stereocenters. The minimum absolute atomic E-state index is 0. The third kappa shape index (κ3) is 4.45. The van der Waals surface area contributed by atoms with E-state index in [-0.39, 0.29) is 12.4 Å². The molecular formula is C14H21BrClNO. The molecule has 0 unspecified atom stereocenters. The van der Waals surface area contributed by atoms with Gasteiger partial charge in [0.05, 0.1) is 11.1 Å². The molecule has 1 fully saturated rings. The lowest BCUT2D eigenvalue weighted by Crippen LogP contribution is -2.30. The maximum Gasteiger partial charge on any atom is 0.133 e. The molecule has 1 heterocycles. The van der Waals surface area contributed by atoms with Crippen LogP contribution in [0.3, 0.4) is 0 Å². The SMILES string of the molecule is CCc1ccc(OCC2CCNCC2)c(Br)c1.Cl. The maximum atomic E-state index is 5.90. The van der Waals surface area contributed by atoms with Crippen LogP contribution in [0, 0.1) is 5.92 Å². The lowest BCUT2D eigenvalue weighted by Gasteiger charge is -2.23. The van der Waals surface area contributed by atoms with E-state index in [4.69, 9.17) is 4.74 Å². The molecule has 1 saturated heterocycles. The number of rotatable bonds is 4.